The number of hydrogen-bond donors (Lipinski definition) is 0. The summed E-state index contributed by atoms with van der Waals surface area (Å²) < 4.78 is 0. The Bertz CT molecular complexity index is 206. The highest BCUT2D eigenvalue weighted by atomic mass is 14.1. The number of rotatable bonds is 4. The van der Waals surface area contributed by atoms with Gasteiger partial charge in [-0.15, -0.1) is 13.2 Å². The van der Waals surface area contributed by atoms with Crippen molar-refractivity contribution in [3.05, 3.63) is 49.1 Å². The third kappa shape index (κ3) is 1.94. The van der Waals surface area contributed by atoms with Crippen molar-refractivity contribution in [3.8, 4) is 0 Å². The quantitative estimate of drug-likeness (QED) is 0.534. The molecule has 0 bridgehead atoms. The van der Waals surface area contributed by atoms with Crippen LogP contribution in [0.5, 0.6) is 0 Å². The van der Waals surface area contributed by atoms with Gasteiger partial charge in [-0.3, -0.25) is 0 Å². The van der Waals surface area contributed by atoms with Crippen molar-refractivity contribution in [1.82, 2.24) is 0 Å². The summed E-state index contributed by atoms with van der Waals surface area (Å²) in [7, 11) is 0. The van der Waals surface area contributed by atoms with E-state index in [4.69, 9.17) is 0 Å². The zero-order chi connectivity index (χ0) is 8.10. The second-order valence-electron chi connectivity index (χ2n) is 2.75. The van der Waals surface area contributed by atoms with Crippen molar-refractivity contribution in [1.29, 1.82) is 0 Å². The van der Waals surface area contributed by atoms with Gasteiger partial charge in [0, 0.05) is 5.92 Å². The first kappa shape index (κ1) is 8.06. The smallest absolute Gasteiger partial charge is 0.00205 e. The van der Waals surface area contributed by atoms with Gasteiger partial charge < -0.3 is 0 Å². The average molecular weight is 146 g/mol. The van der Waals surface area contributed by atoms with Crippen LogP contribution in [0.4, 0.5) is 0 Å². The van der Waals surface area contributed by atoms with E-state index in [-0.39, 0.29) is 0 Å². The maximum absolute atomic E-state index is 3.73. The molecule has 0 saturated carbocycles. The van der Waals surface area contributed by atoms with Gasteiger partial charge in [-0.25, -0.2) is 0 Å². The minimum absolute atomic E-state index is 0.588. The van der Waals surface area contributed by atoms with Crippen LogP contribution < -0.4 is 0 Å². The summed E-state index contributed by atoms with van der Waals surface area (Å²) in [5, 5.41) is 0. The van der Waals surface area contributed by atoms with Gasteiger partial charge in [0.25, 0.3) is 0 Å². The lowest BCUT2D eigenvalue weighted by molar-refractivity contribution is 0.770. The van der Waals surface area contributed by atoms with E-state index < -0.39 is 0 Å². The van der Waals surface area contributed by atoms with E-state index in [0.717, 1.165) is 12.8 Å². The molecule has 0 aliphatic heterocycles. The fourth-order valence-corrected chi connectivity index (χ4v) is 1.36. The van der Waals surface area contributed by atoms with Gasteiger partial charge in [-0.2, -0.15) is 0 Å². The highest BCUT2D eigenvalue weighted by Crippen LogP contribution is 2.25. The van der Waals surface area contributed by atoms with E-state index in [9.17, 15) is 0 Å². The molecule has 1 rings (SSSR count). The van der Waals surface area contributed by atoms with Crippen molar-refractivity contribution in [2.24, 2.45) is 5.92 Å². The lowest BCUT2D eigenvalue weighted by Gasteiger charge is -2.08. The Morgan fingerprint density at radius 1 is 1.36 bits per heavy atom. The van der Waals surface area contributed by atoms with E-state index in [1.165, 1.54) is 5.57 Å². The summed E-state index contributed by atoms with van der Waals surface area (Å²) in [5.74, 6) is 0.588. The minimum atomic E-state index is 0.588. The van der Waals surface area contributed by atoms with Gasteiger partial charge in [0.2, 0.25) is 0 Å². The molecule has 58 valence electrons. The molecule has 0 aromatic rings. The van der Waals surface area contributed by atoms with Crippen LogP contribution in [0.15, 0.2) is 49.1 Å². The molecule has 1 aliphatic rings. The standard InChI is InChI=1S/C11H14/c1-3-6-10-8-5-9-11(10)7-4-2/h3-5,8-10H,1-2,6-7H2. The van der Waals surface area contributed by atoms with Gasteiger partial charge >= 0.3 is 0 Å². The zero-order valence-electron chi connectivity index (χ0n) is 6.79. The van der Waals surface area contributed by atoms with Crippen LogP contribution in [0.3, 0.4) is 0 Å². The average Bonchev–Trinajstić information content (AvgIpc) is 2.39. The van der Waals surface area contributed by atoms with Gasteiger partial charge in [0.15, 0.2) is 0 Å². The van der Waals surface area contributed by atoms with E-state index in [2.05, 4.69) is 31.4 Å². The maximum Gasteiger partial charge on any atom is 0.00205 e. The molecule has 1 unspecified atom stereocenters. The Labute approximate surface area is 68.6 Å². The van der Waals surface area contributed by atoms with Crippen LogP contribution >= 0.6 is 0 Å². The summed E-state index contributed by atoms with van der Waals surface area (Å²) in [6, 6.07) is 0. The van der Waals surface area contributed by atoms with Crippen molar-refractivity contribution in [3.63, 3.8) is 0 Å². The van der Waals surface area contributed by atoms with Gasteiger partial charge in [0.05, 0.1) is 0 Å². The molecule has 0 N–H and O–H groups in total. The summed E-state index contributed by atoms with van der Waals surface area (Å²) in [6.07, 6.45) is 12.5. The largest absolute Gasteiger partial charge is 0.103 e. The predicted octanol–water partition coefficient (Wildman–Crippen LogP) is 3.25. The molecule has 0 aromatic carbocycles. The monoisotopic (exact) mass is 146 g/mol. The van der Waals surface area contributed by atoms with Gasteiger partial charge in [-0.05, 0) is 12.8 Å². The fraction of sp³-hybridized carbons (Fsp3) is 0.273. The summed E-state index contributed by atoms with van der Waals surface area (Å²) in [5.41, 5.74) is 1.46. The predicted molar refractivity (Wildman–Crippen MR) is 50.3 cm³/mol. The molecule has 0 radical (unpaired) electrons. The third-order valence-corrected chi connectivity index (χ3v) is 1.93. The van der Waals surface area contributed by atoms with Crippen molar-refractivity contribution < 1.29 is 0 Å². The lowest BCUT2D eigenvalue weighted by Crippen LogP contribution is -1.94. The molecular formula is C11H14. The molecule has 0 nitrogen and oxygen atoms in total. The Balaban J connectivity index is 2.53. The van der Waals surface area contributed by atoms with Gasteiger partial charge in [0.1, 0.15) is 0 Å². The molecule has 0 amide bonds. The van der Waals surface area contributed by atoms with Crippen LogP contribution in [-0.2, 0) is 0 Å². The first-order chi connectivity index (χ1) is 5.38. The topological polar surface area (TPSA) is 0 Å². The van der Waals surface area contributed by atoms with Crippen LogP contribution in [0.25, 0.3) is 0 Å². The van der Waals surface area contributed by atoms with E-state index >= 15 is 0 Å². The van der Waals surface area contributed by atoms with Crippen molar-refractivity contribution >= 4 is 0 Å². The first-order valence-electron chi connectivity index (χ1n) is 3.97. The summed E-state index contributed by atoms with van der Waals surface area (Å²) in [6.45, 7) is 7.46. The molecular weight excluding hydrogens is 132 g/mol. The van der Waals surface area contributed by atoms with Crippen LogP contribution in [0, 0.1) is 5.92 Å². The van der Waals surface area contributed by atoms with E-state index in [1.807, 2.05) is 12.2 Å². The van der Waals surface area contributed by atoms with Crippen LogP contribution in [-0.4, -0.2) is 0 Å². The Kier molecular flexibility index (Phi) is 2.91. The molecule has 11 heavy (non-hydrogen) atoms. The molecule has 0 fully saturated rings. The Morgan fingerprint density at radius 3 is 2.82 bits per heavy atom. The molecule has 0 heterocycles. The highest BCUT2D eigenvalue weighted by molar-refractivity contribution is 5.29. The highest BCUT2D eigenvalue weighted by Gasteiger charge is 2.10. The molecule has 1 atom stereocenters. The minimum Gasteiger partial charge on any atom is -0.103 e. The van der Waals surface area contributed by atoms with Crippen LogP contribution in [0.2, 0.25) is 0 Å². The molecule has 0 saturated heterocycles. The SMILES string of the molecule is C=CCC1=CC=CC1CC=C. The number of allylic oxidation sites excluding steroid dienone is 6. The second-order valence-corrected chi connectivity index (χ2v) is 2.75. The first-order valence-corrected chi connectivity index (χ1v) is 3.97. The fourth-order valence-electron chi connectivity index (χ4n) is 1.36. The third-order valence-electron chi connectivity index (χ3n) is 1.93. The molecule has 1 aliphatic carbocycles. The normalized spacial score (nSPS) is 21.5. The van der Waals surface area contributed by atoms with E-state index in [0.29, 0.717) is 5.92 Å². The van der Waals surface area contributed by atoms with Crippen LogP contribution in [0.1, 0.15) is 12.8 Å². The maximum atomic E-state index is 3.73. The van der Waals surface area contributed by atoms with Gasteiger partial charge in [-0.1, -0.05) is 36.0 Å². The second kappa shape index (κ2) is 3.97. The number of hydrogen-bond acceptors (Lipinski definition) is 0. The molecule has 0 spiro atoms. The van der Waals surface area contributed by atoms with E-state index in [1.54, 1.807) is 0 Å². The van der Waals surface area contributed by atoms with Crippen molar-refractivity contribution in [2.75, 3.05) is 0 Å². The molecule has 0 heteroatoms. The lowest BCUT2D eigenvalue weighted by atomic mass is 9.97. The van der Waals surface area contributed by atoms with Crippen molar-refractivity contribution in [2.45, 2.75) is 12.8 Å². The Morgan fingerprint density at radius 2 is 2.18 bits per heavy atom. The summed E-state index contributed by atoms with van der Waals surface area (Å²) >= 11 is 0. The summed E-state index contributed by atoms with van der Waals surface area (Å²) in [4.78, 5) is 0. The zero-order valence-corrected chi connectivity index (χ0v) is 6.79. The Hall–Kier alpha value is -1.04. The molecule has 0 aromatic heterocycles.